The molecule has 1 atom stereocenters. The average Bonchev–Trinajstić information content (AvgIpc) is 3.49. The van der Waals surface area contributed by atoms with Gasteiger partial charge in [-0.05, 0) is 55.0 Å². The van der Waals surface area contributed by atoms with Gasteiger partial charge in [0.2, 0.25) is 0 Å². The van der Waals surface area contributed by atoms with Crippen molar-refractivity contribution in [3.63, 3.8) is 0 Å². The number of carbonyl (C=O) groups excluding carboxylic acids is 2. The van der Waals surface area contributed by atoms with Gasteiger partial charge in [0, 0.05) is 11.1 Å². The molecule has 0 radical (unpaired) electrons. The van der Waals surface area contributed by atoms with E-state index < -0.39 is 17.7 Å². The summed E-state index contributed by atoms with van der Waals surface area (Å²) < 4.78 is 22.6. The maximum Gasteiger partial charge on any atom is 0.301 e. The second kappa shape index (κ2) is 10.3. The molecule has 9 nitrogen and oxygen atoms in total. The van der Waals surface area contributed by atoms with Gasteiger partial charge >= 0.3 is 5.91 Å². The van der Waals surface area contributed by atoms with E-state index in [4.69, 9.17) is 18.9 Å². The molecule has 4 aromatic rings. The van der Waals surface area contributed by atoms with Crippen molar-refractivity contribution < 1.29 is 33.6 Å². The number of carbonyl (C=O) groups is 2. The Morgan fingerprint density at radius 3 is 2.36 bits per heavy atom. The Morgan fingerprint density at radius 2 is 1.69 bits per heavy atom. The smallest absolute Gasteiger partial charge is 0.301 e. The first kappa shape index (κ1) is 26.1. The van der Waals surface area contributed by atoms with Crippen molar-refractivity contribution in [2.24, 2.45) is 0 Å². The quantitative estimate of drug-likeness (QED) is 0.190. The number of benzene rings is 3. The number of ketones is 1. The predicted molar refractivity (Wildman–Crippen MR) is 148 cm³/mol. The lowest BCUT2D eigenvalue weighted by molar-refractivity contribution is -0.132. The number of rotatable bonds is 7. The molecule has 1 aromatic heterocycles. The number of hydrogen-bond donors (Lipinski definition) is 1. The molecule has 5 rings (SSSR count). The second-order valence-corrected chi connectivity index (χ2v) is 9.78. The summed E-state index contributed by atoms with van der Waals surface area (Å²) in [5, 5.41) is 11.8. The van der Waals surface area contributed by atoms with Gasteiger partial charge in [-0.2, -0.15) is 0 Å². The van der Waals surface area contributed by atoms with Gasteiger partial charge in [0.05, 0.1) is 44.2 Å². The van der Waals surface area contributed by atoms with Crippen LogP contribution in [0.2, 0.25) is 0 Å². The van der Waals surface area contributed by atoms with Crippen LogP contribution in [0.25, 0.3) is 16.0 Å². The lowest BCUT2D eigenvalue weighted by atomic mass is 9.94. The minimum atomic E-state index is -1.04. The van der Waals surface area contributed by atoms with Gasteiger partial charge in [-0.25, -0.2) is 4.98 Å². The Bertz CT molecular complexity index is 1640. The number of methoxy groups -OCH3 is 4. The van der Waals surface area contributed by atoms with Crippen LogP contribution in [0, 0.1) is 6.92 Å². The zero-order chi connectivity index (χ0) is 27.8. The van der Waals surface area contributed by atoms with Gasteiger partial charge in [-0.1, -0.05) is 23.5 Å². The number of aromatic nitrogens is 1. The van der Waals surface area contributed by atoms with Crippen LogP contribution in [-0.2, 0) is 9.59 Å². The Labute approximate surface area is 228 Å². The first-order valence-electron chi connectivity index (χ1n) is 11.9. The molecule has 0 spiro atoms. The number of amides is 1. The predicted octanol–water partition coefficient (Wildman–Crippen LogP) is 5.27. The lowest BCUT2D eigenvalue weighted by Crippen LogP contribution is -2.29. The lowest BCUT2D eigenvalue weighted by Gasteiger charge is -2.25. The molecule has 1 aliphatic rings. The highest BCUT2D eigenvalue weighted by Gasteiger charge is 2.49. The summed E-state index contributed by atoms with van der Waals surface area (Å²) in [7, 11) is 6.09. The first-order valence-corrected chi connectivity index (χ1v) is 12.8. The zero-order valence-corrected chi connectivity index (χ0v) is 22.8. The standard InChI is InChI=1S/C29H26N2O7S/c1-15-13-16(9-12-20(15)36-3)25(32)23-24(18-7-6-8-21(37-4)27(18)38-5)31(28(34)26(23)33)29-30-19-11-10-17(35-2)14-22(19)39-29/h6-14,24,32H,1-5H3/b25-23+. The zero-order valence-electron chi connectivity index (χ0n) is 22.0. The van der Waals surface area contributed by atoms with Crippen LogP contribution in [0.4, 0.5) is 5.13 Å². The highest BCUT2D eigenvalue weighted by molar-refractivity contribution is 7.22. The summed E-state index contributed by atoms with van der Waals surface area (Å²) >= 11 is 1.24. The molecule has 3 aromatic carbocycles. The van der Waals surface area contributed by atoms with E-state index in [1.54, 1.807) is 62.8 Å². The van der Waals surface area contributed by atoms with Crippen molar-refractivity contribution in [2.45, 2.75) is 13.0 Å². The minimum Gasteiger partial charge on any atom is -0.507 e. The Hall–Kier alpha value is -4.57. The fraction of sp³-hybridized carbons (Fsp3) is 0.207. The van der Waals surface area contributed by atoms with E-state index in [2.05, 4.69) is 4.98 Å². The van der Waals surface area contributed by atoms with E-state index in [9.17, 15) is 14.7 Å². The van der Waals surface area contributed by atoms with E-state index in [-0.39, 0.29) is 11.3 Å². The van der Waals surface area contributed by atoms with Gasteiger partial charge in [0.1, 0.15) is 23.3 Å². The van der Waals surface area contributed by atoms with Crippen molar-refractivity contribution in [1.29, 1.82) is 0 Å². The fourth-order valence-electron chi connectivity index (χ4n) is 4.76. The third-order valence-electron chi connectivity index (χ3n) is 6.63. The Kier molecular flexibility index (Phi) is 6.88. The SMILES string of the molecule is COc1ccc2nc(N3C(=O)C(=O)/C(=C(/O)c4ccc(OC)c(C)c4)C3c3cccc(OC)c3OC)sc2c1. The number of nitrogens with zero attached hydrogens (tertiary/aromatic N) is 2. The highest BCUT2D eigenvalue weighted by atomic mass is 32.1. The summed E-state index contributed by atoms with van der Waals surface area (Å²) in [4.78, 5) is 33.2. The molecule has 2 heterocycles. The average molecular weight is 547 g/mol. The van der Waals surface area contributed by atoms with Gasteiger partial charge in [0.25, 0.3) is 5.78 Å². The molecular weight excluding hydrogens is 520 g/mol. The van der Waals surface area contributed by atoms with Crippen LogP contribution in [0.1, 0.15) is 22.7 Å². The van der Waals surface area contributed by atoms with Crippen LogP contribution in [0.3, 0.4) is 0 Å². The molecule has 1 aliphatic heterocycles. The van der Waals surface area contributed by atoms with Crippen molar-refractivity contribution >= 4 is 44.1 Å². The van der Waals surface area contributed by atoms with Crippen molar-refractivity contribution in [3.8, 4) is 23.0 Å². The largest absolute Gasteiger partial charge is 0.507 e. The fourth-order valence-corrected chi connectivity index (χ4v) is 5.78. The number of aliphatic hydroxyl groups is 1. The van der Waals surface area contributed by atoms with Crippen molar-refractivity contribution in [3.05, 3.63) is 76.9 Å². The molecule has 0 aliphatic carbocycles. The van der Waals surface area contributed by atoms with Crippen molar-refractivity contribution in [1.82, 2.24) is 4.98 Å². The highest BCUT2D eigenvalue weighted by Crippen LogP contribution is 2.48. The molecule has 1 unspecified atom stereocenters. The van der Waals surface area contributed by atoms with Crippen LogP contribution < -0.4 is 23.8 Å². The molecule has 0 saturated carbocycles. The third kappa shape index (κ3) is 4.32. The molecule has 1 saturated heterocycles. The topological polar surface area (TPSA) is 107 Å². The maximum atomic E-state index is 13.6. The second-order valence-electron chi connectivity index (χ2n) is 8.77. The number of Topliss-reactive ketones (excluding diaryl/α,β-unsaturated/α-hetero) is 1. The summed E-state index contributed by atoms with van der Waals surface area (Å²) in [6.07, 6.45) is 0. The Balaban J connectivity index is 1.77. The number of aliphatic hydroxyl groups excluding tert-OH is 1. The van der Waals surface area contributed by atoms with Gasteiger partial charge in [-0.3, -0.25) is 14.5 Å². The van der Waals surface area contributed by atoms with Crippen molar-refractivity contribution in [2.75, 3.05) is 33.3 Å². The summed E-state index contributed by atoms with van der Waals surface area (Å²) in [6, 6.07) is 14.5. The molecule has 1 N–H and O–H groups in total. The van der Waals surface area contributed by atoms with E-state index in [1.165, 1.54) is 30.5 Å². The number of thiazole rings is 1. The van der Waals surface area contributed by atoms with Crippen LogP contribution in [-0.4, -0.2) is 50.2 Å². The normalized spacial score (nSPS) is 16.5. The molecule has 1 fully saturated rings. The summed E-state index contributed by atoms with van der Waals surface area (Å²) in [5.74, 6) is 0.0320. The summed E-state index contributed by atoms with van der Waals surface area (Å²) in [6.45, 7) is 1.83. The van der Waals surface area contributed by atoms with Crippen LogP contribution >= 0.6 is 11.3 Å². The number of fused-ring (bicyclic) bond motifs is 1. The molecule has 200 valence electrons. The number of anilines is 1. The van der Waals surface area contributed by atoms with Gasteiger partial charge in [-0.15, -0.1) is 0 Å². The van der Waals surface area contributed by atoms with Crippen LogP contribution in [0.15, 0.2) is 60.2 Å². The molecular formula is C29H26N2O7S. The number of hydrogen-bond acceptors (Lipinski definition) is 9. The summed E-state index contributed by atoms with van der Waals surface area (Å²) in [5.41, 5.74) is 2.13. The molecule has 0 bridgehead atoms. The number of ether oxygens (including phenoxy) is 4. The van der Waals surface area contributed by atoms with Gasteiger partial charge in [0.15, 0.2) is 16.6 Å². The molecule has 39 heavy (non-hydrogen) atoms. The first-order chi connectivity index (χ1) is 18.8. The molecule has 10 heteroatoms. The monoisotopic (exact) mass is 546 g/mol. The maximum absolute atomic E-state index is 13.6. The van der Waals surface area contributed by atoms with Gasteiger partial charge < -0.3 is 24.1 Å². The number of para-hydroxylation sites is 1. The minimum absolute atomic E-state index is 0.0899. The van der Waals surface area contributed by atoms with Crippen LogP contribution in [0.5, 0.6) is 23.0 Å². The van der Waals surface area contributed by atoms with E-state index in [1.807, 2.05) is 13.0 Å². The number of aryl methyl sites for hydroxylation is 1. The van der Waals surface area contributed by atoms with E-state index in [0.717, 1.165) is 10.3 Å². The molecule has 1 amide bonds. The van der Waals surface area contributed by atoms with E-state index >= 15 is 0 Å². The van der Waals surface area contributed by atoms with E-state index in [0.29, 0.717) is 44.8 Å². The third-order valence-corrected chi connectivity index (χ3v) is 7.65. The Morgan fingerprint density at radius 1 is 0.923 bits per heavy atom.